The third kappa shape index (κ3) is 3.28. The van der Waals surface area contributed by atoms with Crippen LogP contribution in [0.1, 0.15) is 34.3 Å². The summed E-state index contributed by atoms with van der Waals surface area (Å²) < 4.78 is 0.727. The van der Waals surface area contributed by atoms with Crippen molar-refractivity contribution in [3.63, 3.8) is 0 Å². The fourth-order valence-electron chi connectivity index (χ4n) is 1.89. The quantitative estimate of drug-likeness (QED) is 0.531. The van der Waals surface area contributed by atoms with E-state index < -0.39 is 17.8 Å². The molecule has 7 nitrogen and oxygen atoms in total. The summed E-state index contributed by atoms with van der Waals surface area (Å²) in [5, 5.41) is 19.0. The van der Waals surface area contributed by atoms with Gasteiger partial charge in [-0.3, -0.25) is 0 Å². The van der Waals surface area contributed by atoms with Gasteiger partial charge in [0.1, 0.15) is 0 Å². The first-order valence-electron chi connectivity index (χ1n) is 6.09. The molecule has 2 N–H and O–H groups in total. The Morgan fingerprint density at radius 3 is 2.05 bits per heavy atom. The number of amides is 2. The summed E-state index contributed by atoms with van der Waals surface area (Å²) in [5.41, 5.74) is 1.05. The predicted molar refractivity (Wildman–Crippen MR) is 64.4 cm³/mol. The van der Waals surface area contributed by atoms with Gasteiger partial charge >= 0.3 is 135 Å². The Balaban J connectivity index is 2.27. The topological polar surface area (TPSA) is 104 Å². The molecule has 1 fully saturated rings. The third-order valence-corrected chi connectivity index (χ3v) is 4.87. The molecule has 0 unspecified atom stereocenters. The van der Waals surface area contributed by atoms with Crippen molar-refractivity contribution in [1.82, 2.24) is 5.06 Å². The van der Waals surface area contributed by atoms with E-state index in [4.69, 9.17) is 4.84 Å². The van der Waals surface area contributed by atoms with Crippen LogP contribution in [0.25, 0.3) is 0 Å². The second kappa shape index (κ2) is 6.60. The second-order valence-corrected chi connectivity index (χ2v) is 5.85. The van der Waals surface area contributed by atoms with Gasteiger partial charge in [0.25, 0.3) is 0 Å². The summed E-state index contributed by atoms with van der Waals surface area (Å²) in [5.74, 6) is -2.00. The molecule has 8 heteroatoms. The summed E-state index contributed by atoms with van der Waals surface area (Å²) in [6, 6.07) is 2.84. The first-order chi connectivity index (χ1) is 9.97. The van der Waals surface area contributed by atoms with E-state index in [-0.39, 0.29) is 31.6 Å². The Kier molecular flexibility index (Phi) is 5.03. The maximum absolute atomic E-state index is 12.0. The molecule has 1 aromatic carbocycles. The van der Waals surface area contributed by atoms with Gasteiger partial charge in [-0.1, -0.05) is 0 Å². The molecule has 0 radical (unpaired) electrons. The number of benzene rings is 1. The number of aliphatic hydroxyl groups excluding tert-OH is 2. The minimum absolute atomic E-state index is 0.0199. The molecule has 0 saturated carbocycles. The van der Waals surface area contributed by atoms with Crippen molar-refractivity contribution < 1.29 is 54.2 Å². The fourth-order valence-corrected chi connectivity index (χ4v) is 2.78. The van der Waals surface area contributed by atoms with E-state index in [1.165, 1.54) is 36.9 Å². The van der Waals surface area contributed by atoms with Crippen LogP contribution in [0.2, 0.25) is 0 Å². The molecular formula is C13H12AtNO6. The Labute approximate surface area is 135 Å². The number of aliphatic hydroxyl groups is 2. The van der Waals surface area contributed by atoms with Crippen LogP contribution in [-0.2, 0) is 27.6 Å². The number of hydroxylamine groups is 2. The van der Waals surface area contributed by atoms with Gasteiger partial charge in [-0.2, -0.15) is 0 Å². The summed E-state index contributed by atoms with van der Waals surface area (Å²) in [7, 11) is 0. The van der Waals surface area contributed by atoms with E-state index in [1.54, 1.807) is 0 Å². The molecular weight excluding hydrogens is 476 g/mol. The zero-order valence-corrected chi connectivity index (χ0v) is 13.8. The van der Waals surface area contributed by atoms with E-state index in [1.807, 2.05) is 0 Å². The van der Waals surface area contributed by atoms with Crippen molar-refractivity contribution in [3.8, 4) is 0 Å². The molecule has 1 aliphatic heterocycles. The molecule has 21 heavy (non-hydrogen) atoms. The van der Waals surface area contributed by atoms with Crippen molar-refractivity contribution in [2.45, 2.75) is 26.1 Å². The molecule has 112 valence electrons. The standard InChI is InChI=1S/C13H12AtNO6/c14-12-8(5-16)3-7(4-9(12)6-17)13(20)21-15-10(18)1-2-11(15)19/h3-4,16-17H,1-2,5-6H2. The van der Waals surface area contributed by atoms with E-state index >= 15 is 0 Å². The second-order valence-electron chi connectivity index (χ2n) is 4.39. The number of hydrogen-bond donors (Lipinski definition) is 2. The van der Waals surface area contributed by atoms with Crippen molar-refractivity contribution in [1.29, 1.82) is 0 Å². The monoisotopic (exact) mass is 488 g/mol. The Morgan fingerprint density at radius 1 is 1.14 bits per heavy atom. The summed E-state index contributed by atoms with van der Waals surface area (Å²) in [6.45, 7) is -0.580. The number of carbonyl (C=O) groups is 3. The number of hydrogen-bond acceptors (Lipinski definition) is 6. The molecule has 1 saturated heterocycles. The van der Waals surface area contributed by atoms with Crippen LogP contribution >= 0.6 is 0 Å². The zero-order valence-electron chi connectivity index (χ0n) is 10.8. The Hall–Kier alpha value is -1.37. The SMILES string of the molecule is O=C(ON1C(=O)CCC1=O)c1cc(CO)c([At])c(CO)c1. The average Bonchev–Trinajstić information content (AvgIpc) is 2.79. The van der Waals surface area contributed by atoms with Crippen molar-refractivity contribution in [3.05, 3.63) is 28.8 Å². The molecule has 0 bridgehead atoms. The zero-order chi connectivity index (χ0) is 15.6. The maximum atomic E-state index is 12.0. The van der Waals surface area contributed by atoms with E-state index in [0.29, 0.717) is 16.2 Å². The summed E-state index contributed by atoms with van der Waals surface area (Å²) >= 11 is 1.27. The van der Waals surface area contributed by atoms with E-state index in [0.717, 1.165) is 3.27 Å². The van der Waals surface area contributed by atoms with Crippen molar-refractivity contribution in [2.75, 3.05) is 0 Å². The summed E-state index contributed by atoms with van der Waals surface area (Å²) in [6.07, 6.45) is 0.0397. The molecule has 0 spiro atoms. The predicted octanol–water partition coefficient (Wildman–Crippen LogP) is -0.933. The molecule has 0 aliphatic carbocycles. The van der Waals surface area contributed by atoms with Gasteiger partial charge in [-0.15, -0.1) is 0 Å². The summed E-state index contributed by atoms with van der Waals surface area (Å²) in [4.78, 5) is 39.6. The van der Waals surface area contributed by atoms with Gasteiger partial charge in [0.2, 0.25) is 0 Å². The van der Waals surface area contributed by atoms with Crippen LogP contribution in [0, 0.1) is 24.7 Å². The van der Waals surface area contributed by atoms with Gasteiger partial charge in [0, 0.05) is 0 Å². The third-order valence-electron chi connectivity index (χ3n) is 2.98. The first-order valence-corrected chi connectivity index (χ1v) is 7.56. The average molecular weight is 488 g/mol. The molecule has 1 aromatic rings. The Bertz CT molecular complexity index is 574. The number of imide groups is 1. The van der Waals surface area contributed by atoms with Crippen LogP contribution < -0.4 is 3.27 Å². The molecule has 2 amide bonds. The van der Waals surface area contributed by atoms with Gasteiger partial charge < -0.3 is 0 Å². The Morgan fingerprint density at radius 2 is 1.62 bits per heavy atom. The fraction of sp³-hybridized carbons (Fsp3) is 0.308. The molecule has 2 rings (SSSR count). The number of rotatable bonds is 4. The molecule has 0 aromatic heterocycles. The van der Waals surface area contributed by atoms with Gasteiger partial charge in [-0.05, 0) is 0 Å². The first kappa shape index (κ1) is 16.0. The number of nitrogens with zero attached hydrogens (tertiary/aromatic N) is 1. The number of carbonyl (C=O) groups excluding carboxylic acids is 3. The van der Waals surface area contributed by atoms with Crippen LogP contribution in [0.15, 0.2) is 12.1 Å². The molecule has 1 heterocycles. The van der Waals surface area contributed by atoms with Crippen LogP contribution in [0.4, 0.5) is 0 Å². The van der Waals surface area contributed by atoms with Gasteiger partial charge in [0.05, 0.1) is 0 Å². The van der Waals surface area contributed by atoms with Gasteiger partial charge in [0.15, 0.2) is 0 Å². The van der Waals surface area contributed by atoms with Crippen molar-refractivity contribution >= 4 is 21.1 Å². The normalized spacial score (nSPS) is 14.7. The minimum atomic E-state index is -0.880. The molecule has 1 aliphatic rings. The van der Waals surface area contributed by atoms with E-state index in [2.05, 4.69) is 0 Å². The van der Waals surface area contributed by atoms with E-state index in [9.17, 15) is 24.6 Å². The van der Waals surface area contributed by atoms with Crippen LogP contribution in [-0.4, -0.2) is 33.1 Å². The molecule has 0 atom stereocenters. The van der Waals surface area contributed by atoms with Gasteiger partial charge in [-0.25, -0.2) is 0 Å². The van der Waals surface area contributed by atoms with Crippen LogP contribution in [0.3, 0.4) is 0 Å². The van der Waals surface area contributed by atoms with Crippen molar-refractivity contribution in [2.24, 2.45) is 0 Å². The van der Waals surface area contributed by atoms with Crippen LogP contribution in [0.5, 0.6) is 0 Å².